The zero-order valence-electron chi connectivity index (χ0n) is 11.6. The first-order chi connectivity index (χ1) is 10.5. The van der Waals surface area contributed by atoms with Gasteiger partial charge in [-0.15, -0.1) is 0 Å². The summed E-state index contributed by atoms with van der Waals surface area (Å²) in [6, 6.07) is 8.40. The van der Waals surface area contributed by atoms with E-state index in [0.29, 0.717) is 11.4 Å². The van der Waals surface area contributed by atoms with Crippen LogP contribution in [0.2, 0.25) is 0 Å². The van der Waals surface area contributed by atoms with E-state index in [-0.39, 0.29) is 12.2 Å². The van der Waals surface area contributed by atoms with Crippen LogP contribution in [-0.4, -0.2) is 19.6 Å². The van der Waals surface area contributed by atoms with Crippen molar-refractivity contribution < 1.29 is 22.7 Å². The Labute approximate surface area is 124 Å². The van der Waals surface area contributed by atoms with E-state index < -0.39 is 23.4 Å². The molecule has 0 aliphatic heterocycles. The molecule has 1 amide bonds. The van der Waals surface area contributed by atoms with Gasteiger partial charge in [0.05, 0.1) is 19.3 Å². The molecule has 2 rings (SSSR count). The Bertz CT molecular complexity index is 675. The number of carbonyl (C=O) groups is 1. The van der Waals surface area contributed by atoms with E-state index in [1.54, 1.807) is 24.3 Å². The van der Waals surface area contributed by atoms with Gasteiger partial charge in [0, 0.05) is 5.69 Å². The largest absolute Gasteiger partial charge is 0.497 e. The first-order valence-electron chi connectivity index (χ1n) is 6.32. The summed E-state index contributed by atoms with van der Waals surface area (Å²) >= 11 is 0. The standard InChI is InChI=1S/C15H13F3N2O2/c1-22-10-4-2-9(3-5-10)20-13(21)8-19-12-7-6-11(16)14(17)15(12)18/h2-7,19H,8H2,1H3,(H,20,21). The first kappa shape index (κ1) is 15.7. The fourth-order valence-corrected chi connectivity index (χ4v) is 1.72. The maximum absolute atomic E-state index is 13.4. The van der Waals surface area contributed by atoms with Gasteiger partial charge in [0.1, 0.15) is 5.75 Å². The Morgan fingerprint density at radius 3 is 2.36 bits per heavy atom. The number of benzene rings is 2. The molecule has 2 aromatic carbocycles. The number of amides is 1. The molecule has 0 aliphatic rings. The molecule has 116 valence electrons. The summed E-state index contributed by atoms with van der Waals surface area (Å²) in [5.41, 5.74) is 0.238. The van der Waals surface area contributed by atoms with Crippen molar-refractivity contribution in [3.63, 3.8) is 0 Å². The van der Waals surface area contributed by atoms with Crippen molar-refractivity contribution in [3.8, 4) is 5.75 Å². The van der Waals surface area contributed by atoms with Crippen molar-refractivity contribution in [1.29, 1.82) is 0 Å². The van der Waals surface area contributed by atoms with Crippen molar-refractivity contribution in [2.24, 2.45) is 0 Å². The van der Waals surface area contributed by atoms with E-state index in [4.69, 9.17) is 4.74 Å². The van der Waals surface area contributed by atoms with Gasteiger partial charge in [-0.3, -0.25) is 4.79 Å². The predicted molar refractivity (Wildman–Crippen MR) is 76.4 cm³/mol. The molecule has 0 bridgehead atoms. The third kappa shape index (κ3) is 3.69. The third-order valence-electron chi connectivity index (χ3n) is 2.85. The molecule has 0 fully saturated rings. The van der Waals surface area contributed by atoms with Crippen molar-refractivity contribution in [3.05, 3.63) is 53.8 Å². The molecule has 0 saturated heterocycles. The summed E-state index contributed by atoms with van der Waals surface area (Å²) in [7, 11) is 1.52. The average molecular weight is 310 g/mol. The lowest BCUT2D eigenvalue weighted by Crippen LogP contribution is -2.22. The van der Waals surface area contributed by atoms with Gasteiger partial charge in [-0.1, -0.05) is 0 Å². The Balaban J connectivity index is 1.94. The molecule has 0 saturated carbocycles. The number of rotatable bonds is 5. The first-order valence-corrected chi connectivity index (χ1v) is 6.32. The van der Waals surface area contributed by atoms with Crippen LogP contribution in [0.1, 0.15) is 0 Å². The van der Waals surface area contributed by atoms with Crippen LogP contribution in [0.15, 0.2) is 36.4 Å². The van der Waals surface area contributed by atoms with Crippen LogP contribution >= 0.6 is 0 Å². The second-order valence-electron chi connectivity index (χ2n) is 4.35. The van der Waals surface area contributed by atoms with Gasteiger partial charge in [-0.2, -0.15) is 0 Å². The second kappa shape index (κ2) is 6.84. The number of nitrogens with one attached hydrogen (secondary N) is 2. The van der Waals surface area contributed by atoms with Gasteiger partial charge in [0.15, 0.2) is 17.5 Å². The lowest BCUT2D eigenvalue weighted by atomic mass is 10.2. The molecule has 0 heterocycles. The maximum atomic E-state index is 13.4. The van der Waals surface area contributed by atoms with Gasteiger partial charge >= 0.3 is 0 Å². The van der Waals surface area contributed by atoms with Crippen molar-refractivity contribution in [2.75, 3.05) is 24.3 Å². The van der Waals surface area contributed by atoms with Crippen LogP contribution in [-0.2, 0) is 4.79 Å². The summed E-state index contributed by atoms with van der Waals surface area (Å²) in [5.74, 6) is -4.06. The molecule has 2 aromatic rings. The van der Waals surface area contributed by atoms with Crippen LogP contribution in [0.3, 0.4) is 0 Å². The number of hydrogen-bond acceptors (Lipinski definition) is 3. The highest BCUT2D eigenvalue weighted by Crippen LogP contribution is 2.19. The summed E-state index contributed by atoms with van der Waals surface area (Å²) in [6.45, 7) is -0.298. The molecule has 4 nitrogen and oxygen atoms in total. The van der Waals surface area contributed by atoms with Gasteiger partial charge in [0.2, 0.25) is 5.91 Å². The molecular formula is C15H13F3N2O2. The summed E-state index contributed by atoms with van der Waals surface area (Å²) in [5, 5.41) is 4.97. The minimum atomic E-state index is -1.58. The van der Waals surface area contributed by atoms with E-state index in [0.717, 1.165) is 12.1 Å². The van der Waals surface area contributed by atoms with Crippen LogP contribution in [0.5, 0.6) is 5.75 Å². The number of anilines is 2. The summed E-state index contributed by atoms with van der Waals surface area (Å²) < 4.78 is 44.2. The molecule has 0 aromatic heterocycles. The van der Waals surface area contributed by atoms with E-state index in [1.807, 2.05) is 0 Å². The molecule has 22 heavy (non-hydrogen) atoms. The van der Waals surface area contributed by atoms with Crippen molar-refractivity contribution in [2.45, 2.75) is 0 Å². The van der Waals surface area contributed by atoms with Crippen LogP contribution in [0.4, 0.5) is 24.5 Å². The summed E-state index contributed by atoms with van der Waals surface area (Å²) in [4.78, 5) is 11.7. The molecule has 7 heteroatoms. The van der Waals surface area contributed by atoms with Gasteiger partial charge < -0.3 is 15.4 Å². The fraction of sp³-hybridized carbons (Fsp3) is 0.133. The highest BCUT2D eigenvalue weighted by molar-refractivity contribution is 5.93. The Morgan fingerprint density at radius 2 is 1.73 bits per heavy atom. The molecule has 2 N–H and O–H groups in total. The number of ether oxygens (including phenoxy) is 1. The Hall–Kier alpha value is -2.70. The monoisotopic (exact) mass is 310 g/mol. The van der Waals surface area contributed by atoms with Gasteiger partial charge in [0.25, 0.3) is 0 Å². The zero-order chi connectivity index (χ0) is 16.1. The molecular weight excluding hydrogens is 297 g/mol. The minimum absolute atomic E-state index is 0.288. The molecule has 0 atom stereocenters. The third-order valence-corrected chi connectivity index (χ3v) is 2.85. The summed E-state index contributed by atoms with van der Waals surface area (Å²) in [6.07, 6.45) is 0. The second-order valence-corrected chi connectivity index (χ2v) is 4.35. The van der Waals surface area contributed by atoms with E-state index >= 15 is 0 Å². The van der Waals surface area contributed by atoms with E-state index in [1.165, 1.54) is 7.11 Å². The van der Waals surface area contributed by atoms with Gasteiger partial charge in [-0.05, 0) is 36.4 Å². The molecule has 0 unspecified atom stereocenters. The predicted octanol–water partition coefficient (Wildman–Crippen LogP) is 3.16. The Morgan fingerprint density at radius 1 is 1.05 bits per heavy atom. The van der Waals surface area contributed by atoms with Crippen LogP contribution in [0, 0.1) is 17.5 Å². The Kier molecular flexibility index (Phi) is 4.88. The number of hydrogen-bond donors (Lipinski definition) is 2. The quantitative estimate of drug-likeness (QED) is 0.834. The lowest BCUT2D eigenvalue weighted by Gasteiger charge is -2.09. The highest BCUT2D eigenvalue weighted by Gasteiger charge is 2.13. The normalized spacial score (nSPS) is 10.2. The number of carbonyl (C=O) groups excluding carboxylic acids is 1. The SMILES string of the molecule is COc1ccc(NC(=O)CNc2ccc(F)c(F)c2F)cc1. The molecule has 0 spiro atoms. The smallest absolute Gasteiger partial charge is 0.243 e. The van der Waals surface area contributed by atoms with E-state index in [2.05, 4.69) is 10.6 Å². The van der Waals surface area contributed by atoms with Crippen molar-refractivity contribution >= 4 is 17.3 Å². The topological polar surface area (TPSA) is 50.4 Å². The zero-order valence-corrected chi connectivity index (χ0v) is 11.6. The average Bonchev–Trinajstić information content (AvgIpc) is 2.53. The molecule has 0 radical (unpaired) electrons. The maximum Gasteiger partial charge on any atom is 0.243 e. The van der Waals surface area contributed by atoms with E-state index in [9.17, 15) is 18.0 Å². The van der Waals surface area contributed by atoms with Gasteiger partial charge in [-0.25, -0.2) is 13.2 Å². The van der Waals surface area contributed by atoms with Crippen molar-refractivity contribution in [1.82, 2.24) is 0 Å². The number of methoxy groups -OCH3 is 1. The van der Waals surface area contributed by atoms with Crippen LogP contribution < -0.4 is 15.4 Å². The fourth-order valence-electron chi connectivity index (χ4n) is 1.72. The highest BCUT2D eigenvalue weighted by atomic mass is 19.2. The molecule has 0 aliphatic carbocycles. The number of halogens is 3. The minimum Gasteiger partial charge on any atom is -0.497 e. The lowest BCUT2D eigenvalue weighted by molar-refractivity contribution is -0.114. The van der Waals surface area contributed by atoms with Crippen LogP contribution in [0.25, 0.3) is 0 Å².